The molecule has 0 saturated carbocycles. The molecule has 1 heterocycles. The van der Waals surface area contributed by atoms with Crippen LogP contribution >= 0.6 is 0 Å². The second kappa shape index (κ2) is 5.95. The Balaban J connectivity index is 2.22. The molecule has 1 aromatic carbocycles. The zero-order chi connectivity index (χ0) is 13.8. The minimum atomic E-state index is 0.118. The Labute approximate surface area is 115 Å². The summed E-state index contributed by atoms with van der Waals surface area (Å²) in [5, 5.41) is 6.64. The van der Waals surface area contributed by atoms with Gasteiger partial charge in [-0.2, -0.15) is 0 Å². The Hall–Kier alpha value is -1.71. The number of carbonyl (C=O) groups excluding carboxylic acids is 1. The van der Waals surface area contributed by atoms with Gasteiger partial charge in [0.05, 0.1) is 11.4 Å². The first-order valence-electron chi connectivity index (χ1n) is 7.06. The lowest BCUT2D eigenvalue weighted by atomic mass is 10.1. The first-order valence-corrected chi connectivity index (χ1v) is 7.06. The normalized spacial score (nSPS) is 13.5. The molecule has 4 nitrogen and oxygen atoms in total. The zero-order valence-corrected chi connectivity index (χ0v) is 12.0. The van der Waals surface area contributed by atoms with Crippen molar-refractivity contribution in [1.82, 2.24) is 4.90 Å². The summed E-state index contributed by atoms with van der Waals surface area (Å²) in [5.74, 6) is 0.118. The predicted octanol–water partition coefficient (Wildman–Crippen LogP) is 2.78. The molecule has 1 aliphatic heterocycles. The summed E-state index contributed by atoms with van der Waals surface area (Å²) in [5.41, 5.74) is 2.86. The molecule has 2 rings (SSSR count). The molecule has 1 amide bonds. The van der Waals surface area contributed by atoms with Crippen molar-refractivity contribution in [2.24, 2.45) is 0 Å². The Bertz CT molecular complexity index is 457. The van der Waals surface area contributed by atoms with Gasteiger partial charge in [-0.05, 0) is 38.5 Å². The first-order chi connectivity index (χ1) is 9.13. The van der Waals surface area contributed by atoms with Crippen LogP contribution in [-0.2, 0) is 0 Å². The number of nitrogens with one attached hydrogen (secondary N) is 2. The minimum Gasteiger partial charge on any atom is -0.382 e. The fraction of sp³-hybridized carbons (Fsp3) is 0.533. The van der Waals surface area contributed by atoms with Crippen molar-refractivity contribution >= 4 is 17.3 Å². The topological polar surface area (TPSA) is 44.4 Å². The van der Waals surface area contributed by atoms with Gasteiger partial charge in [-0.1, -0.05) is 6.92 Å². The van der Waals surface area contributed by atoms with Crippen molar-refractivity contribution < 1.29 is 4.79 Å². The first kappa shape index (κ1) is 13.7. The maximum Gasteiger partial charge on any atom is 0.254 e. The molecule has 19 heavy (non-hydrogen) atoms. The lowest BCUT2D eigenvalue weighted by Crippen LogP contribution is -2.37. The van der Waals surface area contributed by atoms with Gasteiger partial charge in [-0.15, -0.1) is 0 Å². The largest absolute Gasteiger partial charge is 0.382 e. The number of fused-ring (bicyclic) bond motifs is 1. The van der Waals surface area contributed by atoms with Crippen LogP contribution < -0.4 is 10.6 Å². The Morgan fingerprint density at radius 3 is 2.58 bits per heavy atom. The summed E-state index contributed by atoms with van der Waals surface area (Å²) in [6, 6.07) is 6.08. The molecule has 0 fully saturated rings. The molecule has 0 unspecified atom stereocenters. The molecule has 0 saturated heterocycles. The highest BCUT2D eigenvalue weighted by Gasteiger charge is 2.19. The second-order valence-corrected chi connectivity index (χ2v) is 5.21. The van der Waals surface area contributed by atoms with Gasteiger partial charge < -0.3 is 15.5 Å². The third kappa shape index (κ3) is 3.00. The van der Waals surface area contributed by atoms with Crippen molar-refractivity contribution in [2.45, 2.75) is 33.2 Å². The number of benzene rings is 1. The smallest absolute Gasteiger partial charge is 0.254 e. The SMILES string of the molecule is CCCN(C(=O)c1ccc2c(c1)NCCN2)C(C)C. The fourth-order valence-electron chi connectivity index (χ4n) is 2.37. The third-order valence-electron chi connectivity index (χ3n) is 3.37. The molecule has 1 aromatic rings. The van der Waals surface area contributed by atoms with Crippen LogP contribution in [0.15, 0.2) is 18.2 Å². The summed E-state index contributed by atoms with van der Waals surface area (Å²) < 4.78 is 0. The van der Waals surface area contributed by atoms with E-state index in [9.17, 15) is 4.79 Å². The van der Waals surface area contributed by atoms with E-state index < -0.39 is 0 Å². The molecule has 0 aromatic heterocycles. The van der Waals surface area contributed by atoms with Crippen molar-refractivity contribution in [3.8, 4) is 0 Å². The summed E-state index contributed by atoms with van der Waals surface area (Å²) >= 11 is 0. The number of carbonyl (C=O) groups is 1. The van der Waals surface area contributed by atoms with E-state index in [1.54, 1.807) is 0 Å². The Morgan fingerprint density at radius 2 is 1.95 bits per heavy atom. The zero-order valence-electron chi connectivity index (χ0n) is 12.0. The Morgan fingerprint density at radius 1 is 1.26 bits per heavy atom. The van der Waals surface area contributed by atoms with E-state index in [1.165, 1.54) is 0 Å². The number of anilines is 2. The molecule has 4 heteroatoms. The summed E-state index contributed by atoms with van der Waals surface area (Å²) in [6.07, 6.45) is 0.981. The highest BCUT2D eigenvalue weighted by molar-refractivity contribution is 5.96. The van der Waals surface area contributed by atoms with E-state index >= 15 is 0 Å². The van der Waals surface area contributed by atoms with Crippen molar-refractivity contribution in [3.05, 3.63) is 23.8 Å². The van der Waals surface area contributed by atoms with Crippen LogP contribution in [-0.4, -0.2) is 36.5 Å². The monoisotopic (exact) mass is 261 g/mol. The summed E-state index contributed by atoms with van der Waals surface area (Å²) in [7, 11) is 0. The summed E-state index contributed by atoms with van der Waals surface area (Å²) in [6.45, 7) is 8.85. The van der Waals surface area contributed by atoms with E-state index in [1.807, 2.05) is 23.1 Å². The van der Waals surface area contributed by atoms with Crippen molar-refractivity contribution in [3.63, 3.8) is 0 Å². The molecule has 0 atom stereocenters. The fourth-order valence-corrected chi connectivity index (χ4v) is 2.37. The van der Waals surface area contributed by atoms with E-state index in [0.717, 1.165) is 43.0 Å². The van der Waals surface area contributed by atoms with Gasteiger partial charge in [0, 0.05) is 31.2 Å². The van der Waals surface area contributed by atoms with E-state index in [-0.39, 0.29) is 11.9 Å². The maximum absolute atomic E-state index is 12.5. The third-order valence-corrected chi connectivity index (χ3v) is 3.37. The predicted molar refractivity (Wildman–Crippen MR) is 79.9 cm³/mol. The molecule has 0 radical (unpaired) electrons. The molecule has 0 aliphatic carbocycles. The molecule has 2 N–H and O–H groups in total. The molecule has 1 aliphatic rings. The molecule has 0 spiro atoms. The highest BCUT2D eigenvalue weighted by atomic mass is 16.2. The van der Waals surface area contributed by atoms with Crippen LogP contribution in [0.3, 0.4) is 0 Å². The van der Waals surface area contributed by atoms with Crippen LogP contribution in [0.2, 0.25) is 0 Å². The molecule has 104 valence electrons. The maximum atomic E-state index is 12.5. The van der Waals surface area contributed by atoms with Gasteiger partial charge in [-0.25, -0.2) is 0 Å². The van der Waals surface area contributed by atoms with Gasteiger partial charge in [0.1, 0.15) is 0 Å². The van der Waals surface area contributed by atoms with Crippen LogP contribution in [0.1, 0.15) is 37.6 Å². The van der Waals surface area contributed by atoms with E-state index in [2.05, 4.69) is 31.4 Å². The minimum absolute atomic E-state index is 0.118. The lowest BCUT2D eigenvalue weighted by Gasteiger charge is -2.27. The molecule has 0 bridgehead atoms. The number of rotatable bonds is 4. The number of hydrogen-bond donors (Lipinski definition) is 2. The van der Waals surface area contributed by atoms with E-state index in [4.69, 9.17) is 0 Å². The van der Waals surface area contributed by atoms with Gasteiger partial charge in [-0.3, -0.25) is 4.79 Å². The van der Waals surface area contributed by atoms with Crippen LogP contribution in [0.4, 0.5) is 11.4 Å². The van der Waals surface area contributed by atoms with Gasteiger partial charge in [0.25, 0.3) is 5.91 Å². The highest BCUT2D eigenvalue weighted by Crippen LogP contribution is 2.26. The quantitative estimate of drug-likeness (QED) is 0.876. The van der Waals surface area contributed by atoms with Crippen molar-refractivity contribution in [2.75, 3.05) is 30.3 Å². The summed E-state index contributed by atoms with van der Waals surface area (Å²) in [4.78, 5) is 14.5. The van der Waals surface area contributed by atoms with Gasteiger partial charge >= 0.3 is 0 Å². The number of hydrogen-bond acceptors (Lipinski definition) is 3. The lowest BCUT2D eigenvalue weighted by molar-refractivity contribution is 0.0706. The van der Waals surface area contributed by atoms with Gasteiger partial charge in [0.15, 0.2) is 0 Å². The van der Waals surface area contributed by atoms with E-state index in [0.29, 0.717) is 0 Å². The number of amides is 1. The van der Waals surface area contributed by atoms with Gasteiger partial charge in [0.2, 0.25) is 0 Å². The average molecular weight is 261 g/mol. The number of nitrogens with zero attached hydrogens (tertiary/aromatic N) is 1. The van der Waals surface area contributed by atoms with Crippen molar-refractivity contribution in [1.29, 1.82) is 0 Å². The molecular weight excluding hydrogens is 238 g/mol. The Kier molecular flexibility index (Phi) is 4.30. The second-order valence-electron chi connectivity index (χ2n) is 5.21. The molecular formula is C15H23N3O. The van der Waals surface area contributed by atoms with Crippen LogP contribution in [0, 0.1) is 0 Å². The van der Waals surface area contributed by atoms with Crippen LogP contribution in [0.25, 0.3) is 0 Å². The standard InChI is InChI=1S/C15H23N3O/c1-4-9-18(11(2)3)15(19)12-5-6-13-14(10-12)17-8-7-16-13/h5-6,10-11,16-17H,4,7-9H2,1-3H3. The van der Waals surface area contributed by atoms with Crippen LogP contribution in [0.5, 0.6) is 0 Å². The average Bonchev–Trinajstić information content (AvgIpc) is 2.43.